The van der Waals surface area contributed by atoms with Crippen molar-refractivity contribution >= 4 is 5.91 Å². The number of methoxy groups -OCH3 is 3. The number of rotatable bonds is 6. The molecular weight excluding hydrogens is 418 g/mol. The van der Waals surface area contributed by atoms with Gasteiger partial charge in [0.1, 0.15) is 11.4 Å². The molecule has 3 aromatic rings. The van der Waals surface area contributed by atoms with E-state index in [9.17, 15) is 4.79 Å². The fourth-order valence-corrected chi connectivity index (χ4v) is 5.22. The zero-order valence-corrected chi connectivity index (χ0v) is 19.3. The Balaban J connectivity index is 1.65. The summed E-state index contributed by atoms with van der Waals surface area (Å²) < 4.78 is 16.4. The maximum absolute atomic E-state index is 13.7. The van der Waals surface area contributed by atoms with Crippen molar-refractivity contribution in [3.8, 4) is 28.5 Å². The molecule has 1 aliphatic heterocycles. The Morgan fingerprint density at radius 1 is 0.909 bits per heavy atom. The molecule has 2 heterocycles. The number of ether oxygens (including phenoxy) is 3. The number of carbonyl (C=O) groups excluding carboxylic acids is 1. The maximum Gasteiger partial charge on any atom is 0.273 e. The van der Waals surface area contributed by atoms with Crippen molar-refractivity contribution in [2.45, 2.75) is 44.2 Å². The minimum Gasteiger partial charge on any atom is -0.497 e. The number of H-pyrrole nitrogens is 1. The quantitative estimate of drug-likeness (QED) is 0.577. The summed E-state index contributed by atoms with van der Waals surface area (Å²) in [7, 11) is 4.91. The highest BCUT2D eigenvalue weighted by Gasteiger charge is 2.45. The molecule has 0 saturated heterocycles. The minimum absolute atomic E-state index is 0.0175. The number of nitrogens with one attached hydrogen (secondary N) is 1. The molecule has 1 atom stereocenters. The predicted octanol–water partition coefficient (Wildman–Crippen LogP) is 4.98. The summed E-state index contributed by atoms with van der Waals surface area (Å²) in [6, 6.07) is 13.7. The van der Waals surface area contributed by atoms with Crippen molar-refractivity contribution < 1.29 is 19.0 Å². The van der Waals surface area contributed by atoms with Crippen LogP contribution in [-0.2, 0) is 0 Å². The molecule has 1 N–H and O–H groups in total. The average Bonchev–Trinajstić information content (AvgIpc) is 3.43. The van der Waals surface area contributed by atoms with Gasteiger partial charge >= 0.3 is 0 Å². The number of benzene rings is 2. The van der Waals surface area contributed by atoms with Gasteiger partial charge in [0.05, 0.1) is 33.1 Å². The Morgan fingerprint density at radius 2 is 1.64 bits per heavy atom. The first-order chi connectivity index (χ1) is 16.2. The SMILES string of the molecule is COc1ccc(-c2n[nH]c3c2C(c2ccc(OC)c(OC)c2)N(C2CCCCC2)C3=O)cc1. The standard InChI is InChI=1S/C26H29N3O4/c1-31-19-12-9-16(10-13-19)23-22-24(28-27-23)26(30)29(18-7-5-4-6-8-18)25(22)17-11-14-20(32-2)21(15-17)33-3/h9-15,18,25H,4-8H2,1-3H3,(H,27,28). The monoisotopic (exact) mass is 447 g/mol. The van der Waals surface area contributed by atoms with Gasteiger partial charge in [0.15, 0.2) is 11.5 Å². The van der Waals surface area contributed by atoms with Crippen LogP contribution < -0.4 is 14.2 Å². The number of fused-ring (bicyclic) bond motifs is 1. The van der Waals surface area contributed by atoms with Crippen LogP contribution in [0.4, 0.5) is 0 Å². The van der Waals surface area contributed by atoms with E-state index < -0.39 is 0 Å². The second-order valence-corrected chi connectivity index (χ2v) is 8.61. The molecule has 172 valence electrons. The van der Waals surface area contributed by atoms with Gasteiger partial charge in [0, 0.05) is 17.2 Å². The van der Waals surface area contributed by atoms with Gasteiger partial charge in [-0.3, -0.25) is 9.89 Å². The normalized spacial score (nSPS) is 18.3. The molecule has 1 amide bonds. The van der Waals surface area contributed by atoms with E-state index in [0.717, 1.165) is 53.8 Å². The number of hydrogen-bond donors (Lipinski definition) is 1. The molecular formula is C26H29N3O4. The number of aromatic amines is 1. The van der Waals surface area contributed by atoms with Gasteiger partial charge < -0.3 is 19.1 Å². The molecule has 1 aliphatic carbocycles. The Hall–Kier alpha value is -3.48. The van der Waals surface area contributed by atoms with Gasteiger partial charge in [-0.15, -0.1) is 0 Å². The van der Waals surface area contributed by atoms with Crippen molar-refractivity contribution in [2.75, 3.05) is 21.3 Å². The van der Waals surface area contributed by atoms with E-state index in [1.807, 2.05) is 42.5 Å². The van der Waals surface area contributed by atoms with Gasteiger partial charge in [-0.25, -0.2) is 0 Å². The highest BCUT2D eigenvalue weighted by Crippen LogP contribution is 2.47. The van der Waals surface area contributed by atoms with Gasteiger partial charge in [0.25, 0.3) is 5.91 Å². The molecule has 33 heavy (non-hydrogen) atoms. The zero-order chi connectivity index (χ0) is 22.9. The molecule has 7 heteroatoms. The number of nitrogens with zero attached hydrogens (tertiary/aromatic N) is 2. The highest BCUT2D eigenvalue weighted by atomic mass is 16.5. The van der Waals surface area contributed by atoms with E-state index in [1.165, 1.54) is 6.42 Å². The van der Waals surface area contributed by atoms with E-state index in [2.05, 4.69) is 15.1 Å². The fraction of sp³-hybridized carbons (Fsp3) is 0.385. The number of hydrogen-bond acceptors (Lipinski definition) is 5. The Labute approximate surface area is 193 Å². The Morgan fingerprint density at radius 3 is 2.30 bits per heavy atom. The van der Waals surface area contributed by atoms with Crippen LogP contribution >= 0.6 is 0 Å². The number of aromatic nitrogens is 2. The third-order valence-corrected chi connectivity index (χ3v) is 6.86. The van der Waals surface area contributed by atoms with Crippen molar-refractivity contribution in [3.05, 3.63) is 59.3 Å². The summed E-state index contributed by atoms with van der Waals surface area (Å²) in [5, 5.41) is 7.63. The first kappa shape index (κ1) is 21.4. The largest absolute Gasteiger partial charge is 0.497 e. The number of amides is 1. The van der Waals surface area contributed by atoms with Gasteiger partial charge in [0.2, 0.25) is 0 Å². The number of carbonyl (C=O) groups is 1. The average molecular weight is 448 g/mol. The maximum atomic E-state index is 13.7. The first-order valence-electron chi connectivity index (χ1n) is 11.4. The van der Waals surface area contributed by atoms with Crippen LogP contribution in [0.1, 0.15) is 59.8 Å². The summed E-state index contributed by atoms with van der Waals surface area (Å²) in [6.07, 6.45) is 5.55. The van der Waals surface area contributed by atoms with E-state index in [4.69, 9.17) is 14.2 Å². The van der Waals surface area contributed by atoms with Gasteiger partial charge in [-0.1, -0.05) is 25.3 Å². The molecule has 1 unspecified atom stereocenters. The van der Waals surface area contributed by atoms with Crippen LogP contribution in [0.25, 0.3) is 11.3 Å². The van der Waals surface area contributed by atoms with Gasteiger partial charge in [-0.2, -0.15) is 5.10 Å². The van der Waals surface area contributed by atoms with E-state index in [1.54, 1.807) is 21.3 Å². The van der Waals surface area contributed by atoms with Crippen LogP contribution in [0.15, 0.2) is 42.5 Å². The third-order valence-electron chi connectivity index (χ3n) is 6.86. The molecule has 5 rings (SSSR count). The highest BCUT2D eigenvalue weighted by molar-refractivity contribution is 6.00. The predicted molar refractivity (Wildman–Crippen MR) is 125 cm³/mol. The second kappa shape index (κ2) is 8.81. The van der Waals surface area contributed by atoms with Crippen molar-refractivity contribution in [3.63, 3.8) is 0 Å². The van der Waals surface area contributed by atoms with Crippen LogP contribution in [0.5, 0.6) is 17.2 Å². The summed E-state index contributed by atoms with van der Waals surface area (Å²) in [5.74, 6) is 2.11. The Kier molecular flexibility index (Phi) is 5.70. The molecule has 0 bridgehead atoms. The van der Waals surface area contributed by atoms with E-state index in [-0.39, 0.29) is 18.0 Å². The van der Waals surface area contributed by atoms with Crippen molar-refractivity contribution in [2.24, 2.45) is 0 Å². The van der Waals surface area contributed by atoms with Crippen LogP contribution in [0, 0.1) is 0 Å². The molecule has 1 saturated carbocycles. The second-order valence-electron chi connectivity index (χ2n) is 8.61. The lowest BCUT2D eigenvalue weighted by molar-refractivity contribution is 0.0606. The van der Waals surface area contributed by atoms with Crippen LogP contribution in [-0.4, -0.2) is 48.4 Å². The molecule has 2 aliphatic rings. The molecule has 7 nitrogen and oxygen atoms in total. The molecule has 2 aromatic carbocycles. The van der Waals surface area contributed by atoms with E-state index in [0.29, 0.717) is 17.2 Å². The lowest BCUT2D eigenvalue weighted by atomic mass is 9.90. The minimum atomic E-state index is -0.244. The van der Waals surface area contributed by atoms with Crippen LogP contribution in [0.2, 0.25) is 0 Å². The lowest BCUT2D eigenvalue weighted by Crippen LogP contribution is -2.40. The third kappa shape index (κ3) is 3.61. The molecule has 1 aromatic heterocycles. The summed E-state index contributed by atoms with van der Waals surface area (Å²) in [5.41, 5.74) is 4.21. The summed E-state index contributed by atoms with van der Waals surface area (Å²) in [4.78, 5) is 15.7. The zero-order valence-electron chi connectivity index (χ0n) is 19.3. The Bertz CT molecular complexity index is 1150. The fourth-order valence-electron chi connectivity index (χ4n) is 5.22. The molecule has 0 radical (unpaired) electrons. The molecule has 0 spiro atoms. The summed E-state index contributed by atoms with van der Waals surface area (Å²) in [6.45, 7) is 0. The topological polar surface area (TPSA) is 76.7 Å². The van der Waals surface area contributed by atoms with Crippen LogP contribution in [0.3, 0.4) is 0 Å². The van der Waals surface area contributed by atoms with E-state index >= 15 is 0 Å². The summed E-state index contributed by atoms with van der Waals surface area (Å²) >= 11 is 0. The van der Waals surface area contributed by atoms with Crippen molar-refractivity contribution in [1.82, 2.24) is 15.1 Å². The first-order valence-corrected chi connectivity index (χ1v) is 11.4. The molecule has 1 fully saturated rings. The smallest absolute Gasteiger partial charge is 0.273 e. The lowest BCUT2D eigenvalue weighted by Gasteiger charge is -2.36. The van der Waals surface area contributed by atoms with Crippen molar-refractivity contribution in [1.29, 1.82) is 0 Å². The van der Waals surface area contributed by atoms with Gasteiger partial charge in [-0.05, 0) is 54.8 Å².